The molecule has 122 valence electrons. The molecule has 8 heteroatoms. The molecule has 0 fully saturated rings. The Balaban J connectivity index is 1.82. The lowest BCUT2D eigenvalue weighted by molar-refractivity contribution is 0.0958. The number of rotatable bonds is 4. The van der Waals surface area contributed by atoms with Crippen LogP contribution in [0, 0.1) is 6.92 Å². The summed E-state index contributed by atoms with van der Waals surface area (Å²) >= 11 is 1.26. The summed E-state index contributed by atoms with van der Waals surface area (Å²) < 4.78 is 5.23. The molecule has 0 spiro atoms. The molecule has 7 nitrogen and oxygen atoms in total. The van der Waals surface area contributed by atoms with Crippen molar-refractivity contribution in [1.82, 2.24) is 15.4 Å². The van der Waals surface area contributed by atoms with E-state index < -0.39 is 0 Å². The van der Waals surface area contributed by atoms with Gasteiger partial charge in [-0.25, -0.2) is 15.4 Å². The van der Waals surface area contributed by atoms with Crippen molar-refractivity contribution >= 4 is 39.5 Å². The highest BCUT2D eigenvalue weighted by atomic mass is 32.1. The van der Waals surface area contributed by atoms with E-state index in [1.165, 1.54) is 23.9 Å². The van der Waals surface area contributed by atoms with Crippen LogP contribution >= 0.6 is 11.3 Å². The van der Waals surface area contributed by atoms with Crippen molar-refractivity contribution in [3.8, 4) is 5.75 Å². The van der Waals surface area contributed by atoms with Crippen LogP contribution < -0.4 is 15.9 Å². The number of aryl methyl sites for hydroxylation is 1. The Morgan fingerprint density at radius 2 is 2.17 bits per heavy atom. The van der Waals surface area contributed by atoms with E-state index in [4.69, 9.17) is 10.5 Å². The maximum absolute atomic E-state index is 12.4. The molecule has 0 aliphatic rings. The van der Waals surface area contributed by atoms with E-state index in [0.29, 0.717) is 26.7 Å². The minimum absolute atomic E-state index is 0.318. The molecule has 1 aromatic carbocycles. The second-order valence-electron chi connectivity index (χ2n) is 4.94. The molecule has 0 bridgehead atoms. The van der Waals surface area contributed by atoms with E-state index in [2.05, 4.69) is 20.5 Å². The van der Waals surface area contributed by atoms with Crippen molar-refractivity contribution in [3.63, 3.8) is 0 Å². The van der Waals surface area contributed by atoms with Gasteiger partial charge in [-0.05, 0) is 24.6 Å². The predicted molar refractivity (Wildman–Crippen MR) is 94.6 cm³/mol. The number of nitrogens with zero attached hydrogens (tertiary/aromatic N) is 3. The zero-order valence-electron chi connectivity index (χ0n) is 13.1. The van der Waals surface area contributed by atoms with Crippen LogP contribution in [0.3, 0.4) is 0 Å². The monoisotopic (exact) mass is 341 g/mol. The van der Waals surface area contributed by atoms with Crippen molar-refractivity contribution < 1.29 is 9.53 Å². The van der Waals surface area contributed by atoms with E-state index in [1.54, 1.807) is 7.11 Å². The van der Waals surface area contributed by atoms with Gasteiger partial charge in [0.05, 0.1) is 23.6 Å². The first kappa shape index (κ1) is 15.9. The van der Waals surface area contributed by atoms with Crippen LogP contribution in [0.25, 0.3) is 10.2 Å². The van der Waals surface area contributed by atoms with Gasteiger partial charge in [-0.15, -0.1) is 11.3 Å². The molecule has 0 unspecified atom stereocenters. The number of ether oxygens (including phenoxy) is 1. The summed E-state index contributed by atoms with van der Waals surface area (Å²) in [5, 5.41) is 4.70. The maximum Gasteiger partial charge on any atom is 0.281 e. The third kappa shape index (κ3) is 2.91. The van der Waals surface area contributed by atoms with Gasteiger partial charge in [-0.1, -0.05) is 12.1 Å². The van der Waals surface area contributed by atoms with Gasteiger partial charge in [0.15, 0.2) is 0 Å². The molecule has 0 aliphatic carbocycles. The highest BCUT2D eigenvalue weighted by Gasteiger charge is 2.18. The van der Waals surface area contributed by atoms with Crippen molar-refractivity contribution in [2.24, 2.45) is 5.10 Å². The fourth-order valence-electron chi connectivity index (χ4n) is 2.30. The number of nitrogens with one attached hydrogen (secondary N) is 1. The molecule has 0 atom stereocenters. The molecule has 0 saturated carbocycles. The molecule has 2 heterocycles. The molecular formula is C16H15N5O2S. The number of hydrogen-bond donors (Lipinski definition) is 2. The number of carbonyl (C=O) groups excluding carboxylic acids is 1. The van der Waals surface area contributed by atoms with E-state index >= 15 is 0 Å². The van der Waals surface area contributed by atoms with E-state index in [0.717, 1.165) is 11.1 Å². The minimum Gasteiger partial charge on any atom is -0.496 e. The van der Waals surface area contributed by atoms with Crippen LogP contribution in [0.1, 0.15) is 20.8 Å². The van der Waals surface area contributed by atoms with Crippen LogP contribution in [0.15, 0.2) is 35.7 Å². The van der Waals surface area contributed by atoms with Crippen LogP contribution in [0.2, 0.25) is 0 Å². The van der Waals surface area contributed by atoms with Gasteiger partial charge in [-0.2, -0.15) is 5.10 Å². The molecule has 3 N–H and O–H groups in total. The minimum atomic E-state index is -0.318. The number of thiophene rings is 1. The number of amides is 1. The van der Waals surface area contributed by atoms with Crippen molar-refractivity contribution in [2.45, 2.75) is 6.92 Å². The molecule has 3 rings (SSSR count). The Kier molecular flexibility index (Phi) is 4.39. The zero-order valence-corrected chi connectivity index (χ0v) is 13.9. The number of hydrogen-bond acceptors (Lipinski definition) is 7. The van der Waals surface area contributed by atoms with Gasteiger partial charge in [0, 0.05) is 5.56 Å². The third-order valence-corrected chi connectivity index (χ3v) is 4.67. The number of nitrogen functional groups attached to an aromatic ring is 1. The molecule has 3 aromatic rings. The number of fused-ring (bicyclic) bond motifs is 1. The van der Waals surface area contributed by atoms with Gasteiger partial charge in [0.1, 0.15) is 22.7 Å². The molecular weight excluding hydrogens is 326 g/mol. The van der Waals surface area contributed by atoms with E-state index in [1.807, 2.05) is 31.2 Å². The fourth-order valence-corrected chi connectivity index (χ4v) is 3.35. The normalized spacial score (nSPS) is 11.1. The van der Waals surface area contributed by atoms with Crippen LogP contribution in [-0.4, -0.2) is 29.2 Å². The Hall–Kier alpha value is -3.00. The number of para-hydroxylation sites is 1. The van der Waals surface area contributed by atoms with E-state index in [-0.39, 0.29) is 5.91 Å². The van der Waals surface area contributed by atoms with Crippen molar-refractivity contribution in [3.05, 3.63) is 46.6 Å². The second-order valence-corrected chi connectivity index (χ2v) is 5.94. The Morgan fingerprint density at radius 1 is 1.38 bits per heavy atom. The Morgan fingerprint density at radius 3 is 2.92 bits per heavy atom. The molecule has 0 radical (unpaired) electrons. The van der Waals surface area contributed by atoms with Crippen LogP contribution in [0.5, 0.6) is 5.75 Å². The average molecular weight is 341 g/mol. The number of anilines is 1. The lowest BCUT2D eigenvalue weighted by Crippen LogP contribution is -2.17. The summed E-state index contributed by atoms with van der Waals surface area (Å²) in [7, 11) is 1.58. The largest absolute Gasteiger partial charge is 0.496 e. The van der Waals surface area contributed by atoms with Gasteiger partial charge >= 0.3 is 0 Å². The number of hydrazone groups is 1. The number of methoxy groups -OCH3 is 1. The van der Waals surface area contributed by atoms with Gasteiger partial charge < -0.3 is 10.5 Å². The molecule has 0 saturated heterocycles. The number of carbonyl (C=O) groups is 1. The lowest BCUT2D eigenvalue weighted by atomic mass is 10.2. The SMILES string of the molecule is COc1ccccc1/C=N\NC(=O)c1sc2ncnc(N)c2c1C. The number of benzene rings is 1. The molecule has 0 aliphatic heterocycles. The summed E-state index contributed by atoms with van der Waals surface area (Å²) in [4.78, 5) is 21.7. The van der Waals surface area contributed by atoms with Crippen LogP contribution in [-0.2, 0) is 0 Å². The summed E-state index contributed by atoms with van der Waals surface area (Å²) in [6, 6.07) is 7.39. The second kappa shape index (κ2) is 6.63. The number of aromatic nitrogens is 2. The Labute approximate surface area is 142 Å². The summed E-state index contributed by atoms with van der Waals surface area (Å²) in [6.45, 7) is 1.82. The maximum atomic E-state index is 12.4. The van der Waals surface area contributed by atoms with Crippen LogP contribution in [0.4, 0.5) is 5.82 Å². The quantitative estimate of drug-likeness (QED) is 0.560. The highest BCUT2D eigenvalue weighted by Crippen LogP contribution is 2.31. The van der Waals surface area contributed by atoms with Gasteiger partial charge in [0.25, 0.3) is 5.91 Å². The van der Waals surface area contributed by atoms with Crippen molar-refractivity contribution in [1.29, 1.82) is 0 Å². The molecule has 2 aromatic heterocycles. The Bertz CT molecular complexity index is 935. The summed E-state index contributed by atoms with van der Waals surface area (Å²) in [5.74, 6) is 0.725. The summed E-state index contributed by atoms with van der Waals surface area (Å²) in [6.07, 6.45) is 2.92. The standard InChI is InChI=1S/C16H15N5O2S/c1-9-12-14(17)18-8-19-16(12)24-13(9)15(22)21-20-7-10-5-3-4-6-11(10)23-2/h3-8H,1-2H3,(H,21,22)(H2,17,18,19)/b20-7-. The molecule has 24 heavy (non-hydrogen) atoms. The van der Waals surface area contributed by atoms with E-state index in [9.17, 15) is 4.79 Å². The zero-order chi connectivity index (χ0) is 17.1. The van der Waals surface area contributed by atoms with Gasteiger partial charge in [0.2, 0.25) is 0 Å². The fraction of sp³-hybridized carbons (Fsp3) is 0.125. The smallest absolute Gasteiger partial charge is 0.281 e. The highest BCUT2D eigenvalue weighted by molar-refractivity contribution is 7.20. The average Bonchev–Trinajstić information content (AvgIpc) is 2.93. The number of nitrogens with two attached hydrogens (primary N) is 1. The third-order valence-electron chi connectivity index (χ3n) is 3.47. The first-order chi connectivity index (χ1) is 11.6. The first-order valence-corrected chi connectivity index (χ1v) is 7.89. The van der Waals surface area contributed by atoms with Gasteiger partial charge in [-0.3, -0.25) is 4.79 Å². The molecule has 1 amide bonds. The van der Waals surface area contributed by atoms with Crippen molar-refractivity contribution in [2.75, 3.05) is 12.8 Å². The summed E-state index contributed by atoms with van der Waals surface area (Å²) in [5.41, 5.74) is 9.89. The topological polar surface area (TPSA) is 102 Å². The lowest BCUT2D eigenvalue weighted by Gasteiger charge is -2.03. The predicted octanol–water partition coefficient (Wildman–Crippen LogP) is 2.35. The first-order valence-electron chi connectivity index (χ1n) is 7.07.